The Labute approximate surface area is 128 Å². The van der Waals surface area contributed by atoms with Gasteiger partial charge in [0.05, 0.1) is 6.10 Å². The fraction of sp³-hybridized carbons (Fsp3) is 0.647. The minimum absolute atomic E-state index is 0.0235. The molecule has 0 bridgehead atoms. The Kier molecular flexibility index (Phi) is 5.82. The first kappa shape index (κ1) is 16.5. The molecular weight excluding hydrogens is 284 g/mol. The van der Waals surface area contributed by atoms with E-state index < -0.39 is 10.1 Å². The molecular formula is C17H26O3S. The molecule has 1 aliphatic rings. The van der Waals surface area contributed by atoms with E-state index in [4.69, 9.17) is 4.18 Å². The van der Waals surface area contributed by atoms with Crippen LogP contribution < -0.4 is 0 Å². The van der Waals surface area contributed by atoms with Crippen LogP contribution in [0.15, 0.2) is 24.3 Å². The lowest BCUT2D eigenvalue weighted by Gasteiger charge is -2.21. The summed E-state index contributed by atoms with van der Waals surface area (Å²) in [6.45, 7) is 4.33. The molecule has 0 radical (unpaired) electrons. The zero-order valence-corrected chi connectivity index (χ0v) is 13.9. The molecule has 21 heavy (non-hydrogen) atoms. The van der Waals surface area contributed by atoms with Crippen molar-refractivity contribution in [2.45, 2.75) is 70.1 Å². The van der Waals surface area contributed by atoms with E-state index in [0.29, 0.717) is 5.92 Å². The third-order valence-electron chi connectivity index (χ3n) is 4.34. The molecule has 0 saturated heterocycles. The molecule has 1 aromatic rings. The summed E-state index contributed by atoms with van der Waals surface area (Å²) in [5.41, 5.74) is 2.06. The Bertz CT molecular complexity index is 528. The smallest absolute Gasteiger partial charge is 0.267 e. The van der Waals surface area contributed by atoms with Crippen molar-refractivity contribution in [1.29, 1.82) is 0 Å². The Hall–Kier alpha value is -0.870. The molecule has 2 rings (SSSR count). The second kappa shape index (κ2) is 7.41. The predicted octanol–water partition coefficient (Wildman–Crippen LogP) is 4.38. The van der Waals surface area contributed by atoms with Crippen LogP contribution in [0.25, 0.3) is 0 Å². The molecule has 0 N–H and O–H groups in total. The summed E-state index contributed by atoms with van der Waals surface area (Å²) in [5, 5.41) is 0. The maximum atomic E-state index is 12.1. The van der Waals surface area contributed by atoms with Crippen LogP contribution in [-0.2, 0) is 20.1 Å². The van der Waals surface area contributed by atoms with E-state index in [9.17, 15) is 8.42 Å². The van der Waals surface area contributed by atoms with Crippen LogP contribution in [0.1, 0.15) is 69.4 Å². The molecule has 1 saturated carbocycles. The van der Waals surface area contributed by atoms with Crippen LogP contribution in [-0.4, -0.2) is 14.5 Å². The zero-order chi connectivity index (χ0) is 15.3. The summed E-state index contributed by atoms with van der Waals surface area (Å²) >= 11 is 0. The summed E-state index contributed by atoms with van der Waals surface area (Å²) in [4.78, 5) is 0. The van der Waals surface area contributed by atoms with Crippen LogP contribution in [0, 0.1) is 0 Å². The van der Waals surface area contributed by atoms with Crippen molar-refractivity contribution in [3.8, 4) is 0 Å². The lowest BCUT2D eigenvalue weighted by atomic mass is 9.98. The van der Waals surface area contributed by atoms with Gasteiger partial charge in [-0.25, -0.2) is 0 Å². The van der Waals surface area contributed by atoms with Gasteiger partial charge < -0.3 is 0 Å². The van der Waals surface area contributed by atoms with Gasteiger partial charge in [-0.15, -0.1) is 0 Å². The average molecular weight is 310 g/mol. The van der Waals surface area contributed by atoms with Crippen molar-refractivity contribution in [2.75, 3.05) is 0 Å². The summed E-state index contributed by atoms with van der Waals surface area (Å²) in [5.74, 6) is 0.485. The maximum Gasteiger partial charge on any atom is 0.271 e. The van der Waals surface area contributed by atoms with Gasteiger partial charge in [-0.1, -0.05) is 57.4 Å². The van der Waals surface area contributed by atoms with E-state index in [1.165, 1.54) is 12.0 Å². The van der Waals surface area contributed by atoms with Crippen molar-refractivity contribution >= 4 is 10.1 Å². The van der Waals surface area contributed by atoms with Gasteiger partial charge in [-0.3, -0.25) is 4.18 Å². The van der Waals surface area contributed by atoms with Crippen molar-refractivity contribution in [3.05, 3.63) is 35.4 Å². The first-order chi connectivity index (χ1) is 10.00. The second-order valence-electron chi connectivity index (χ2n) is 6.11. The molecule has 1 atom stereocenters. The lowest BCUT2D eigenvalue weighted by Crippen LogP contribution is -2.22. The number of rotatable bonds is 6. The van der Waals surface area contributed by atoms with Gasteiger partial charge in [0.1, 0.15) is 5.75 Å². The highest BCUT2D eigenvalue weighted by Crippen LogP contribution is 2.24. The number of benzene rings is 1. The molecule has 0 aromatic heterocycles. The highest BCUT2D eigenvalue weighted by Gasteiger charge is 2.22. The summed E-state index contributed by atoms with van der Waals surface area (Å²) in [6.07, 6.45) is 6.05. The van der Waals surface area contributed by atoms with E-state index >= 15 is 0 Å². The zero-order valence-electron chi connectivity index (χ0n) is 13.0. The van der Waals surface area contributed by atoms with E-state index in [1.807, 2.05) is 24.3 Å². The van der Waals surface area contributed by atoms with Gasteiger partial charge in [0.25, 0.3) is 10.1 Å². The van der Waals surface area contributed by atoms with Crippen molar-refractivity contribution in [2.24, 2.45) is 0 Å². The minimum Gasteiger partial charge on any atom is -0.267 e. The summed E-state index contributed by atoms with van der Waals surface area (Å²) in [6, 6.07) is 7.87. The molecule has 0 aliphatic heterocycles. The molecule has 0 amide bonds. The Morgan fingerprint density at radius 2 is 1.76 bits per heavy atom. The second-order valence-corrected chi connectivity index (χ2v) is 7.71. The highest BCUT2D eigenvalue weighted by atomic mass is 32.2. The Balaban J connectivity index is 1.96. The van der Waals surface area contributed by atoms with Gasteiger partial charge in [-0.2, -0.15) is 8.42 Å². The van der Waals surface area contributed by atoms with Crippen LogP contribution >= 0.6 is 0 Å². The fourth-order valence-corrected chi connectivity index (χ4v) is 4.06. The molecule has 1 aliphatic carbocycles. The largest absolute Gasteiger partial charge is 0.271 e. The van der Waals surface area contributed by atoms with Crippen LogP contribution in [0.5, 0.6) is 0 Å². The molecule has 118 valence electrons. The fourth-order valence-electron chi connectivity index (χ4n) is 2.78. The molecule has 0 spiro atoms. The van der Waals surface area contributed by atoms with Gasteiger partial charge in [-0.05, 0) is 36.3 Å². The molecule has 1 unspecified atom stereocenters. The van der Waals surface area contributed by atoms with Crippen molar-refractivity contribution < 1.29 is 12.6 Å². The standard InChI is InChI=1S/C17H26O3S/c1-3-14(2)16-11-9-15(10-12-16)13-21(18,19)20-17-7-5-4-6-8-17/h9-12,14,17H,3-8,13H2,1-2H3. The molecule has 1 fully saturated rings. The highest BCUT2D eigenvalue weighted by molar-refractivity contribution is 7.85. The molecule has 1 aromatic carbocycles. The molecule has 3 nitrogen and oxygen atoms in total. The third kappa shape index (κ3) is 5.11. The van der Waals surface area contributed by atoms with Gasteiger partial charge >= 0.3 is 0 Å². The van der Waals surface area contributed by atoms with Crippen molar-refractivity contribution in [3.63, 3.8) is 0 Å². The van der Waals surface area contributed by atoms with Crippen LogP contribution in [0.4, 0.5) is 0 Å². The maximum absolute atomic E-state index is 12.1. The SMILES string of the molecule is CCC(C)c1ccc(CS(=O)(=O)OC2CCCCC2)cc1. The lowest BCUT2D eigenvalue weighted by molar-refractivity contribution is 0.162. The van der Waals surface area contributed by atoms with E-state index in [2.05, 4.69) is 13.8 Å². The summed E-state index contributed by atoms with van der Waals surface area (Å²) in [7, 11) is -3.47. The number of hydrogen-bond donors (Lipinski definition) is 0. The van der Waals surface area contributed by atoms with Crippen molar-refractivity contribution in [1.82, 2.24) is 0 Å². The monoisotopic (exact) mass is 310 g/mol. The Morgan fingerprint density at radius 1 is 1.14 bits per heavy atom. The summed E-state index contributed by atoms with van der Waals surface area (Å²) < 4.78 is 29.6. The normalized spacial score (nSPS) is 18.6. The number of hydrogen-bond acceptors (Lipinski definition) is 3. The van der Waals surface area contributed by atoms with Crippen LogP contribution in [0.2, 0.25) is 0 Å². The first-order valence-electron chi connectivity index (χ1n) is 8.00. The van der Waals surface area contributed by atoms with Gasteiger partial charge in [0.2, 0.25) is 0 Å². The third-order valence-corrected chi connectivity index (χ3v) is 5.59. The quantitative estimate of drug-likeness (QED) is 0.732. The topological polar surface area (TPSA) is 43.4 Å². The van der Waals surface area contributed by atoms with E-state index in [1.54, 1.807) is 0 Å². The van der Waals surface area contributed by atoms with Gasteiger partial charge in [0, 0.05) is 0 Å². The predicted molar refractivity (Wildman–Crippen MR) is 85.7 cm³/mol. The molecule has 4 heteroatoms. The minimum atomic E-state index is -3.47. The average Bonchev–Trinajstić information content (AvgIpc) is 2.47. The van der Waals surface area contributed by atoms with E-state index in [0.717, 1.165) is 37.7 Å². The van der Waals surface area contributed by atoms with E-state index in [-0.39, 0.29) is 11.9 Å². The molecule has 0 heterocycles. The van der Waals surface area contributed by atoms with Gasteiger partial charge in [0.15, 0.2) is 0 Å². The van der Waals surface area contributed by atoms with Crippen LogP contribution in [0.3, 0.4) is 0 Å². The first-order valence-corrected chi connectivity index (χ1v) is 9.57. The Morgan fingerprint density at radius 3 is 2.33 bits per heavy atom.